The van der Waals surface area contributed by atoms with Crippen LogP contribution in [-0.4, -0.2) is 25.8 Å². The van der Waals surface area contributed by atoms with Crippen LogP contribution in [0.4, 0.5) is 0 Å². The van der Waals surface area contributed by atoms with Gasteiger partial charge in [0, 0.05) is 29.4 Å². The highest BCUT2D eigenvalue weighted by atomic mass is 15.3. The van der Waals surface area contributed by atoms with Crippen molar-refractivity contribution in [2.45, 2.75) is 109 Å². The van der Waals surface area contributed by atoms with E-state index in [0.717, 1.165) is 29.8 Å². The second kappa shape index (κ2) is 9.62. The van der Waals surface area contributed by atoms with Crippen molar-refractivity contribution < 1.29 is 0 Å². The summed E-state index contributed by atoms with van der Waals surface area (Å²) in [4.78, 5) is 9.83. The quantitative estimate of drug-likeness (QED) is 0.547. The van der Waals surface area contributed by atoms with Crippen molar-refractivity contribution in [3.05, 3.63) is 30.0 Å². The normalized spacial score (nSPS) is 26.3. The molecule has 0 saturated heterocycles. The van der Waals surface area contributed by atoms with Gasteiger partial charge in [0.25, 0.3) is 0 Å². The molecule has 2 aromatic heterocycles. The fourth-order valence-corrected chi connectivity index (χ4v) is 6.02. The number of hydrogen-bond acceptors (Lipinski definition) is 4. The Morgan fingerprint density at radius 1 is 1.00 bits per heavy atom. The average Bonchev–Trinajstić information content (AvgIpc) is 3.28. The minimum Gasteiger partial charge on any atom is -0.328 e. The fourth-order valence-electron chi connectivity index (χ4n) is 6.02. The van der Waals surface area contributed by atoms with E-state index in [1.54, 1.807) is 0 Å². The topological polar surface area (TPSA) is 69.6 Å². The largest absolute Gasteiger partial charge is 0.328 e. The van der Waals surface area contributed by atoms with Crippen LogP contribution in [0.2, 0.25) is 0 Å². The molecule has 0 aromatic carbocycles. The maximum Gasteiger partial charge on any atom is 0.132 e. The van der Waals surface area contributed by atoms with Gasteiger partial charge in [-0.15, -0.1) is 0 Å². The summed E-state index contributed by atoms with van der Waals surface area (Å²) in [6.07, 6.45) is 19.3. The Morgan fingerprint density at radius 2 is 1.72 bits per heavy atom. The maximum atomic E-state index is 6.11. The Balaban J connectivity index is 1.34. The van der Waals surface area contributed by atoms with E-state index in [4.69, 9.17) is 20.8 Å². The van der Waals surface area contributed by atoms with Crippen molar-refractivity contribution in [1.29, 1.82) is 0 Å². The van der Waals surface area contributed by atoms with E-state index in [0.29, 0.717) is 23.9 Å². The van der Waals surface area contributed by atoms with Crippen LogP contribution in [0.1, 0.15) is 108 Å². The van der Waals surface area contributed by atoms with Crippen LogP contribution < -0.4 is 5.73 Å². The van der Waals surface area contributed by atoms with E-state index in [2.05, 4.69) is 30.8 Å². The Morgan fingerprint density at radius 3 is 2.44 bits per heavy atom. The van der Waals surface area contributed by atoms with Crippen molar-refractivity contribution in [3.63, 3.8) is 0 Å². The summed E-state index contributed by atoms with van der Waals surface area (Å²) in [5, 5.41) is 4.89. The van der Waals surface area contributed by atoms with Gasteiger partial charge < -0.3 is 5.73 Å². The van der Waals surface area contributed by atoms with Crippen LogP contribution in [0.25, 0.3) is 11.3 Å². The predicted octanol–water partition coefficient (Wildman–Crippen LogP) is 6.05. The van der Waals surface area contributed by atoms with Gasteiger partial charge in [-0.3, -0.25) is 4.68 Å². The first-order valence-corrected chi connectivity index (χ1v) is 13.2. The molecule has 3 aliphatic carbocycles. The third-order valence-electron chi connectivity index (χ3n) is 8.56. The third-order valence-corrected chi connectivity index (χ3v) is 8.56. The van der Waals surface area contributed by atoms with Crippen LogP contribution in [0.15, 0.2) is 18.5 Å². The zero-order valence-corrected chi connectivity index (χ0v) is 20.0. The van der Waals surface area contributed by atoms with Gasteiger partial charge in [-0.1, -0.05) is 26.7 Å². The SMILES string of the molecule is CC(c1nccc(-c2cnn(C3CCCC3)c2CC2CC2)n1)[C@H](C)C[C@H]1CC[C@H](N)CC1. The lowest BCUT2D eigenvalue weighted by Crippen LogP contribution is -2.27. The van der Waals surface area contributed by atoms with Gasteiger partial charge in [0.05, 0.1) is 17.9 Å². The van der Waals surface area contributed by atoms with E-state index in [1.165, 1.54) is 81.9 Å². The van der Waals surface area contributed by atoms with Gasteiger partial charge in [0.15, 0.2) is 0 Å². The van der Waals surface area contributed by atoms with Gasteiger partial charge in [0.1, 0.15) is 5.82 Å². The first kappa shape index (κ1) is 22.1. The molecule has 0 amide bonds. The minimum atomic E-state index is 0.363. The van der Waals surface area contributed by atoms with E-state index in [-0.39, 0.29) is 0 Å². The molecular formula is C27H41N5. The number of hydrogen-bond donors (Lipinski definition) is 1. The zero-order valence-electron chi connectivity index (χ0n) is 20.0. The van der Waals surface area contributed by atoms with Gasteiger partial charge in [-0.25, -0.2) is 9.97 Å². The molecule has 0 bridgehead atoms. The standard InChI is InChI=1S/C27H41N5/c1-18(15-20-9-11-22(28)12-10-20)19(2)27-29-14-13-25(31-27)24-17-30-32(23-5-3-4-6-23)26(24)16-21-7-8-21/h13-14,17-23H,3-12,15-16,28H2,1-2H3/t18-,19?,20-,22-/m1/s1. The molecule has 3 aliphatic rings. The Bertz CT molecular complexity index is 887. The molecule has 0 spiro atoms. The van der Waals surface area contributed by atoms with Crippen LogP contribution in [-0.2, 0) is 6.42 Å². The molecular weight excluding hydrogens is 394 g/mol. The lowest BCUT2D eigenvalue weighted by Gasteiger charge is -2.29. The number of rotatable bonds is 8. The van der Waals surface area contributed by atoms with Gasteiger partial charge in [-0.2, -0.15) is 5.10 Å². The monoisotopic (exact) mass is 435 g/mol. The van der Waals surface area contributed by atoms with Crippen LogP contribution in [0, 0.1) is 17.8 Å². The summed E-state index contributed by atoms with van der Waals surface area (Å²) < 4.78 is 2.36. The highest BCUT2D eigenvalue weighted by molar-refractivity contribution is 5.61. The Kier molecular flexibility index (Phi) is 6.64. The smallest absolute Gasteiger partial charge is 0.132 e. The lowest BCUT2D eigenvalue weighted by atomic mass is 9.78. The summed E-state index contributed by atoms with van der Waals surface area (Å²) in [5.74, 6) is 3.59. The molecule has 3 saturated carbocycles. The number of nitrogens with two attached hydrogens (primary N) is 1. The Hall–Kier alpha value is -1.75. The van der Waals surface area contributed by atoms with Crippen molar-refractivity contribution >= 4 is 0 Å². The molecule has 174 valence electrons. The number of aromatic nitrogens is 4. The van der Waals surface area contributed by atoms with Gasteiger partial charge in [0.2, 0.25) is 0 Å². The molecule has 3 fully saturated rings. The zero-order chi connectivity index (χ0) is 22.1. The van der Waals surface area contributed by atoms with Gasteiger partial charge >= 0.3 is 0 Å². The molecule has 1 unspecified atom stereocenters. The summed E-state index contributed by atoms with van der Waals surface area (Å²) >= 11 is 0. The molecule has 0 radical (unpaired) electrons. The first-order valence-electron chi connectivity index (χ1n) is 13.2. The number of nitrogens with zero attached hydrogens (tertiary/aromatic N) is 4. The summed E-state index contributed by atoms with van der Waals surface area (Å²) in [6.45, 7) is 4.69. The summed E-state index contributed by atoms with van der Waals surface area (Å²) in [7, 11) is 0. The van der Waals surface area contributed by atoms with Crippen molar-refractivity contribution in [2.24, 2.45) is 23.5 Å². The first-order chi connectivity index (χ1) is 15.6. The van der Waals surface area contributed by atoms with Crippen LogP contribution in [0.3, 0.4) is 0 Å². The highest BCUT2D eigenvalue weighted by Crippen LogP contribution is 2.39. The molecule has 0 aliphatic heterocycles. The third kappa shape index (κ3) is 4.93. The predicted molar refractivity (Wildman–Crippen MR) is 129 cm³/mol. The molecule has 2 N–H and O–H groups in total. The Labute approximate surface area is 193 Å². The van der Waals surface area contributed by atoms with Crippen LogP contribution >= 0.6 is 0 Å². The second-order valence-corrected chi connectivity index (χ2v) is 11.1. The molecule has 2 heterocycles. The average molecular weight is 436 g/mol. The van der Waals surface area contributed by atoms with E-state index in [1.807, 2.05) is 6.20 Å². The van der Waals surface area contributed by atoms with Gasteiger partial charge in [-0.05, 0) is 88.0 Å². The van der Waals surface area contributed by atoms with Crippen LogP contribution in [0.5, 0.6) is 0 Å². The van der Waals surface area contributed by atoms with Crippen molar-refractivity contribution in [3.8, 4) is 11.3 Å². The molecule has 5 rings (SSSR count). The molecule has 2 atom stereocenters. The fraction of sp³-hybridized carbons (Fsp3) is 0.741. The summed E-state index contributed by atoms with van der Waals surface area (Å²) in [5.41, 5.74) is 9.84. The molecule has 5 heteroatoms. The van der Waals surface area contributed by atoms with Crippen molar-refractivity contribution in [2.75, 3.05) is 0 Å². The maximum absolute atomic E-state index is 6.11. The molecule has 2 aromatic rings. The highest BCUT2D eigenvalue weighted by Gasteiger charge is 2.30. The minimum absolute atomic E-state index is 0.363. The van der Waals surface area contributed by atoms with Crippen molar-refractivity contribution in [1.82, 2.24) is 19.7 Å². The molecule has 5 nitrogen and oxygen atoms in total. The van der Waals surface area contributed by atoms with E-state index in [9.17, 15) is 0 Å². The lowest BCUT2D eigenvalue weighted by molar-refractivity contribution is 0.261. The molecule has 32 heavy (non-hydrogen) atoms. The van der Waals surface area contributed by atoms with E-state index >= 15 is 0 Å². The van der Waals surface area contributed by atoms with E-state index < -0.39 is 0 Å². The second-order valence-electron chi connectivity index (χ2n) is 11.1. The summed E-state index contributed by atoms with van der Waals surface area (Å²) in [6, 6.07) is 3.10.